The molecule has 0 radical (unpaired) electrons. The van der Waals surface area contributed by atoms with Crippen LogP contribution in [0.1, 0.15) is 12.5 Å². The third-order valence-electron chi connectivity index (χ3n) is 2.39. The first-order valence-corrected chi connectivity index (χ1v) is 6.10. The van der Waals surface area contributed by atoms with E-state index >= 15 is 0 Å². The molecule has 0 aliphatic heterocycles. The van der Waals surface area contributed by atoms with E-state index in [-0.39, 0.29) is 19.7 Å². The van der Waals surface area contributed by atoms with Gasteiger partial charge >= 0.3 is 12.1 Å². The molecule has 1 aromatic rings. The Morgan fingerprint density at radius 2 is 1.95 bits per heavy atom. The van der Waals surface area contributed by atoms with Crippen molar-refractivity contribution in [2.75, 3.05) is 25.0 Å². The van der Waals surface area contributed by atoms with E-state index in [9.17, 15) is 9.59 Å². The Morgan fingerprint density at radius 1 is 1.32 bits per heavy atom. The van der Waals surface area contributed by atoms with Crippen molar-refractivity contribution >= 4 is 17.8 Å². The van der Waals surface area contributed by atoms with Crippen molar-refractivity contribution in [1.29, 1.82) is 0 Å². The van der Waals surface area contributed by atoms with Gasteiger partial charge in [0.2, 0.25) is 0 Å². The minimum atomic E-state index is -0.697. The van der Waals surface area contributed by atoms with Gasteiger partial charge in [0, 0.05) is 18.8 Å². The fourth-order valence-electron chi connectivity index (χ4n) is 1.43. The van der Waals surface area contributed by atoms with Gasteiger partial charge in [-0.25, -0.2) is 14.5 Å². The van der Waals surface area contributed by atoms with E-state index in [1.807, 2.05) is 19.1 Å². The Labute approximate surface area is 112 Å². The zero-order valence-corrected chi connectivity index (χ0v) is 11.2. The highest BCUT2D eigenvalue weighted by Gasteiger charge is 2.21. The topological polar surface area (TPSA) is 84.7 Å². The molecule has 1 aromatic carbocycles. The van der Waals surface area contributed by atoms with Gasteiger partial charge in [0.25, 0.3) is 0 Å². The van der Waals surface area contributed by atoms with Gasteiger partial charge in [-0.3, -0.25) is 0 Å². The molecule has 3 N–H and O–H groups in total. The summed E-state index contributed by atoms with van der Waals surface area (Å²) in [7, 11) is 0. The molecule has 0 aliphatic carbocycles. The number of carbonyl (C=O) groups is 2. The molecule has 0 aliphatic rings. The average Bonchev–Trinajstić information content (AvgIpc) is 2.38. The number of anilines is 1. The number of hydrogen-bond donors (Lipinski definition) is 2. The van der Waals surface area contributed by atoms with Crippen LogP contribution in [0.15, 0.2) is 24.3 Å². The van der Waals surface area contributed by atoms with E-state index in [2.05, 4.69) is 5.32 Å². The molecule has 1 rings (SSSR count). The van der Waals surface area contributed by atoms with Crippen LogP contribution in [0.5, 0.6) is 0 Å². The fourth-order valence-corrected chi connectivity index (χ4v) is 1.43. The molecule has 0 fully saturated rings. The lowest BCUT2D eigenvalue weighted by atomic mass is 10.2. The van der Waals surface area contributed by atoms with Crippen LogP contribution in [0, 0.1) is 6.92 Å². The minimum Gasteiger partial charge on any atom is -0.449 e. The molecule has 0 saturated heterocycles. The molecule has 0 spiro atoms. The van der Waals surface area contributed by atoms with E-state index in [4.69, 9.17) is 10.5 Å². The van der Waals surface area contributed by atoms with E-state index in [0.29, 0.717) is 5.69 Å². The molecule has 104 valence electrons. The molecule has 0 unspecified atom stereocenters. The van der Waals surface area contributed by atoms with Gasteiger partial charge in [-0.05, 0) is 26.0 Å². The number of amides is 3. The molecule has 0 aromatic heterocycles. The summed E-state index contributed by atoms with van der Waals surface area (Å²) in [5.41, 5.74) is 7.08. The first-order valence-electron chi connectivity index (χ1n) is 6.10. The molecule has 3 amide bonds. The fraction of sp³-hybridized carbons (Fsp3) is 0.385. The van der Waals surface area contributed by atoms with Gasteiger partial charge in [-0.15, -0.1) is 0 Å². The number of carbonyl (C=O) groups excluding carboxylic acids is 2. The molecular weight excluding hydrogens is 246 g/mol. The highest BCUT2D eigenvalue weighted by Crippen LogP contribution is 2.10. The number of aryl methyl sites for hydroxylation is 1. The predicted molar refractivity (Wildman–Crippen MR) is 73.0 cm³/mol. The van der Waals surface area contributed by atoms with E-state index in [0.717, 1.165) is 10.5 Å². The molecular formula is C13H19N3O3. The summed E-state index contributed by atoms with van der Waals surface area (Å²) >= 11 is 0. The van der Waals surface area contributed by atoms with Crippen molar-refractivity contribution < 1.29 is 14.3 Å². The van der Waals surface area contributed by atoms with Gasteiger partial charge in [0.05, 0.1) is 6.61 Å². The lowest BCUT2D eigenvalue weighted by Crippen LogP contribution is -2.43. The van der Waals surface area contributed by atoms with Gasteiger partial charge in [0.15, 0.2) is 0 Å². The molecule has 0 atom stereocenters. The number of nitrogens with zero attached hydrogens (tertiary/aromatic N) is 1. The van der Waals surface area contributed by atoms with Crippen LogP contribution in [0.4, 0.5) is 15.3 Å². The number of benzene rings is 1. The molecule has 0 heterocycles. The van der Waals surface area contributed by atoms with Gasteiger partial charge in [-0.2, -0.15) is 0 Å². The van der Waals surface area contributed by atoms with Crippen LogP contribution in [0.3, 0.4) is 0 Å². The number of rotatable bonds is 4. The Kier molecular flexibility index (Phi) is 5.81. The molecule has 0 saturated carbocycles. The maximum absolute atomic E-state index is 12.0. The highest BCUT2D eigenvalue weighted by atomic mass is 16.6. The third kappa shape index (κ3) is 4.59. The average molecular weight is 265 g/mol. The quantitative estimate of drug-likeness (QED) is 0.871. The monoisotopic (exact) mass is 265 g/mol. The molecule has 0 bridgehead atoms. The lowest BCUT2D eigenvalue weighted by molar-refractivity contribution is 0.118. The van der Waals surface area contributed by atoms with Crippen molar-refractivity contribution in [2.24, 2.45) is 5.73 Å². The smallest absolute Gasteiger partial charge is 0.418 e. The molecule has 19 heavy (non-hydrogen) atoms. The Balaban J connectivity index is 2.71. The van der Waals surface area contributed by atoms with Crippen molar-refractivity contribution in [3.63, 3.8) is 0 Å². The SMILES string of the molecule is CCOC(=O)N(CCN)C(=O)Nc1ccc(C)cc1. The summed E-state index contributed by atoms with van der Waals surface area (Å²) < 4.78 is 4.81. The predicted octanol–water partition coefficient (Wildman–Crippen LogP) is 1.94. The highest BCUT2D eigenvalue weighted by molar-refractivity contribution is 5.99. The van der Waals surface area contributed by atoms with Crippen LogP contribution in [-0.2, 0) is 4.74 Å². The van der Waals surface area contributed by atoms with E-state index in [1.165, 1.54) is 0 Å². The van der Waals surface area contributed by atoms with Gasteiger partial charge in [-0.1, -0.05) is 17.7 Å². The molecule has 6 nitrogen and oxygen atoms in total. The second-order valence-electron chi connectivity index (χ2n) is 3.94. The van der Waals surface area contributed by atoms with Crippen LogP contribution in [0.2, 0.25) is 0 Å². The summed E-state index contributed by atoms with van der Waals surface area (Å²) in [4.78, 5) is 24.5. The number of nitrogens with two attached hydrogens (primary N) is 1. The summed E-state index contributed by atoms with van der Waals surface area (Å²) in [5, 5.41) is 2.62. The number of hydrogen-bond acceptors (Lipinski definition) is 4. The van der Waals surface area contributed by atoms with Crippen LogP contribution in [-0.4, -0.2) is 36.7 Å². The van der Waals surface area contributed by atoms with Gasteiger partial charge < -0.3 is 15.8 Å². The van der Waals surface area contributed by atoms with Crippen molar-refractivity contribution in [3.8, 4) is 0 Å². The van der Waals surface area contributed by atoms with Crippen molar-refractivity contribution in [3.05, 3.63) is 29.8 Å². The standard InChI is InChI=1S/C13H19N3O3/c1-3-19-13(18)16(9-8-14)12(17)15-11-6-4-10(2)5-7-11/h4-7H,3,8-9,14H2,1-2H3,(H,15,17). The number of imide groups is 1. The first kappa shape index (κ1) is 15.0. The Bertz CT molecular complexity index is 431. The number of urea groups is 1. The summed E-state index contributed by atoms with van der Waals surface area (Å²) in [6, 6.07) is 6.71. The van der Waals surface area contributed by atoms with Crippen molar-refractivity contribution in [2.45, 2.75) is 13.8 Å². The number of ether oxygens (including phenoxy) is 1. The maximum atomic E-state index is 12.0. The zero-order valence-electron chi connectivity index (χ0n) is 11.2. The third-order valence-corrected chi connectivity index (χ3v) is 2.39. The maximum Gasteiger partial charge on any atom is 0.418 e. The Morgan fingerprint density at radius 3 is 2.47 bits per heavy atom. The largest absolute Gasteiger partial charge is 0.449 e. The van der Waals surface area contributed by atoms with Crippen LogP contribution >= 0.6 is 0 Å². The lowest BCUT2D eigenvalue weighted by Gasteiger charge is -2.19. The first-order chi connectivity index (χ1) is 9.08. The summed E-state index contributed by atoms with van der Waals surface area (Å²) in [5.74, 6) is 0. The van der Waals surface area contributed by atoms with Crippen LogP contribution in [0.25, 0.3) is 0 Å². The Hall–Kier alpha value is -2.08. The summed E-state index contributed by atoms with van der Waals surface area (Å²) in [6.07, 6.45) is -0.697. The second kappa shape index (κ2) is 7.38. The van der Waals surface area contributed by atoms with E-state index < -0.39 is 12.1 Å². The second-order valence-corrected chi connectivity index (χ2v) is 3.94. The summed E-state index contributed by atoms with van der Waals surface area (Å²) in [6.45, 7) is 4.12. The van der Waals surface area contributed by atoms with Crippen LogP contribution < -0.4 is 11.1 Å². The van der Waals surface area contributed by atoms with Gasteiger partial charge in [0.1, 0.15) is 0 Å². The molecule has 6 heteroatoms. The minimum absolute atomic E-state index is 0.108. The van der Waals surface area contributed by atoms with E-state index in [1.54, 1.807) is 19.1 Å². The number of nitrogens with one attached hydrogen (secondary N) is 1. The van der Waals surface area contributed by atoms with Crippen molar-refractivity contribution in [1.82, 2.24) is 4.90 Å². The normalized spacial score (nSPS) is 9.84. The zero-order chi connectivity index (χ0) is 14.3.